The normalized spacial score (nSPS) is 13.2. The van der Waals surface area contributed by atoms with E-state index in [1.54, 1.807) is 13.0 Å². The SMILES string of the molecule is Cc1cc(N(CC(C)C)C(C)C)c([C@H](C)N)cc1F. The average molecular weight is 266 g/mol. The number of hydrogen-bond donors (Lipinski definition) is 1. The van der Waals surface area contributed by atoms with Crippen LogP contribution in [0.1, 0.15) is 51.8 Å². The molecule has 3 heteroatoms. The van der Waals surface area contributed by atoms with Gasteiger partial charge >= 0.3 is 0 Å². The number of aryl methyl sites for hydroxylation is 1. The topological polar surface area (TPSA) is 29.3 Å². The lowest BCUT2D eigenvalue weighted by Gasteiger charge is -2.33. The van der Waals surface area contributed by atoms with Gasteiger partial charge in [0.05, 0.1) is 0 Å². The van der Waals surface area contributed by atoms with Crippen molar-refractivity contribution in [1.29, 1.82) is 0 Å². The Hall–Kier alpha value is -1.09. The van der Waals surface area contributed by atoms with Gasteiger partial charge in [-0.25, -0.2) is 4.39 Å². The van der Waals surface area contributed by atoms with E-state index in [0.29, 0.717) is 17.5 Å². The Bertz CT molecular complexity index is 425. The van der Waals surface area contributed by atoms with E-state index in [-0.39, 0.29) is 11.9 Å². The van der Waals surface area contributed by atoms with Gasteiger partial charge in [0.15, 0.2) is 0 Å². The van der Waals surface area contributed by atoms with Crippen molar-refractivity contribution in [2.45, 2.75) is 53.6 Å². The molecule has 0 fully saturated rings. The van der Waals surface area contributed by atoms with Crippen LogP contribution in [0.5, 0.6) is 0 Å². The summed E-state index contributed by atoms with van der Waals surface area (Å²) in [4.78, 5) is 2.32. The molecule has 0 radical (unpaired) electrons. The third kappa shape index (κ3) is 3.93. The number of nitrogens with two attached hydrogens (primary N) is 1. The minimum atomic E-state index is -0.177. The van der Waals surface area contributed by atoms with Crippen molar-refractivity contribution in [3.8, 4) is 0 Å². The summed E-state index contributed by atoms with van der Waals surface area (Å²) in [6.45, 7) is 13.4. The zero-order chi connectivity index (χ0) is 14.7. The van der Waals surface area contributed by atoms with Crippen molar-refractivity contribution < 1.29 is 4.39 Å². The van der Waals surface area contributed by atoms with E-state index in [1.165, 1.54) is 0 Å². The Kier molecular flexibility index (Phi) is 5.36. The lowest BCUT2D eigenvalue weighted by atomic mass is 10.0. The summed E-state index contributed by atoms with van der Waals surface area (Å²) >= 11 is 0. The molecule has 0 unspecified atom stereocenters. The van der Waals surface area contributed by atoms with Gasteiger partial charge in [0, 0.05) is 24.3 Å². The Balaban J connectivity index is 3.31. The van der Waals surface area contributed by atoms with Crippen molar-refractivity contribution in [3.05, 3.63) is 29.1 Å². The van der Waals surface area contributed by atoms with E-state index < -0.39 is 0 Å². The molecule has 0 heterocycles. The van der Waals surface area contributed by atoms with E-state index in [0.717, 1.165) is 17.8 Å². The highest BCUT2D eigenvalue weighted by Gasteiger charge is 2.19. The van der Waals surface area contributed by atoms with Gasteiger partial charge in [0.25, 0.3) is 0 Å². The van der Waals surface area contributed by atoms with Crippen LogP contribution < -0.4 is 10.6 Å². The van der Waals surface area contributed by atoms with Gasteiger partial charge in [0.2, 0.25) is 0 Å². The number of nitrogens with zero attached hydrogens (tertiary/aromatic N) is 1. The molecule has 1 rings (SSSR count). The Labute approximate surface area is 116 Å². The van der Waals surface area contributed by atoms with E-state index in [1.807, 2.05) is 13.0 Å². The van der Waals surface area contributed by atoms with Gasteiger partial charge in [-0.3, -0.25) is 0 Å². The molecule has 0 bridgehead atoms. The summed E-state index contributed by atoms with van der Waals surface area (Å²) in [5, 5.41) is 0. The number of rotatable bonds is 5. The maximum Gasteiger partial charge on any atom is 0.126 e. The first kappa shape index (κ1) is 16.0. The molecule has 0 aliphatic heterocycles. The highest BCUT2D eigenvalue weighted by atomic mass is 19.1. The van der Waals surface area contributed by atoms with E-state index >= 15 is 0 Å². The highest BCUT2D eigenvalue weighted by Crippen LogP contribution is 2.30. The van der Waals surface area contributed by atoms with Crippen LogP contribution in [0.15, 0.2) is 12.1 Å². The molecule has 0 amide bonds. The van der Waals surface area contributed by atoms with Crippen molar-refractivity contribution in [2.75, 3.05) is 11.4 Å². The third-order valence-corrected chi connectivity index (χ3v) is 3.29. The molecule has 0 saturated carbocycles. The fourth-order valence-electron chi connectivity index (χ4n) is 2.28. The van der Waals surface area contributed by atoms with Crippen LogP contribution in [-0.2, 0) is 0 Å². The Morgan fingerprint density at radius 2 is 1.74 bits per heavy atom. The lowest BCUT2D eigenvalue weighted by molar-refractivity contribution is 0.564. The monoisotopic (exact) mass is 266 g/mol. The van der Waals surface area contributed by atoms with Gasteiger partial charge in [0.1, 0.15) is 5.82 Å². The lowest BCUT2D eigenvalue weighted by Crippen LogP contribution is -2.35. The third-order valence-electron chi connectivity index (χ3n) is 3.29. The summed E-state index contributed by atoms with van der Waals surface area (Å²) in [5.41, 5.74) is 8.64. The minimum absolute atomic E-state index is 0.168. The first-order chi connectivity index (χ1) is 8.73. The predicted molar refractivity (Wildman–Crippen MR) is 81.1 cm³/mol. The van der Waals surface area contributed by atoms with Gasteiger partial charge in [-0.15, -0.1) is 0 Å². The highest BCUT2D eigenvalue weighted by molar-refractivity contribution is 5.57. The van der Waals surface area contributed by atoms with Crippen LogP contribution in [-0.4, -0.2) is 12.6 Å². The van der Waals surface area contributed by atoms with Crippen LogP contribution in [0.25, 0.3) is 0 Å². The maximum atomic E-state index is 13.8. The van der Waals surface area contributed by atoms with Crippen LogP contribution >= 0.6 is 0 Å². The fraction of sp³-hybridized carbons (Fsp3) is 0.625. The van der Waals surface area contributed by atoms with Crippen LogP contribution in [0.2, 0.25) is 0 Å². The van der Waals surface area contributed by atoms with Crippen LogP contribution in [0.4, 0.5) is 10.1 Å². The van der Waals surface area contributed by atoms with Crippen molar-refractivity contribution >= 4 is 5.69 Å². The molecule has 1 atom stereocenters. The molecular formula is C16H27FN2. The number of halogens is 1. The molecule has 0 aliphatic carbocycles. The van der Waals surface area contributed by atoms with E-state index in [9.17, 15) is 4.39 Å². The number of benzene rings is 1. The fourth-order valence-corrected chi connectivity index (χ4v) is 2.28. The molecule has 0 aromatic heterocycles. The number of anilines is 1. The maximum absolute atomic E-state index is 13.8. The zero-order valence-electron chi connectivity index (χ0n) is 13.0. The molecule has 0 saturated heterocycles. The molecule has 2 nitrogen and oxygen atoms in total. The smallest absolute Gasteiger partial charge is 0.126 e. The average Bonchev–Trinajstić information content (AvgIpc) is 2.28. The second-order valence-corrected chi connectivity index (χ2v) is 6.09. The zero-order valence-corrected chi connectivity index (χ0v) is 13.0. The van der Waals surface area contributed by atoms with Crippen molar-refractivity contribution in [1.82, 2.24) is 0 Å². The minimum Gasteiger partial charge on any atom is -0.369 e. The summed E-state index contributed by atoms with van der Waals surface area (Å²) < 4.78 is 13.8. The summed E-state index contributed by atoms with van der Waals surface area (Å²) in [5.74, 6) is 0.373. The standard InChI is InChI=1S/C16H27FN2/c1-10(2)9-19(11(3)4)16-7-12(5)15(17)8-14(16)13(6)18/h7-8,10-11,13H,9,18H2,1-6H3/t13-/m0/s1. The molecule has 0 spiro atoms. The summed E-state index contributed by atoms with van der Waals surface area (Å²) in [6.07, 6.45) is 0. The van der Waals surface area contributed by atoms with Crippen molar-refractivity contribution in [3.63, 3.8) is 0 Å². The molecule has 1 aromatic rings. The summed E-state index contributed by atoms with van der Waals surface area (Å²) in [7, 11) is 0. The van der Waals surface area contributed by atoms with Gasteiger partial charge in [-0.1, -0.05) is 13.8 Å². The van der Waals surface area contributed by atoms with Crippen LogP contribution in [0.3, 0.4) is 0 Å². The van der Waals surface area contributed by atoms with Gasteiger partial charge in [-0.2, -0.15) is 0 Å². The Morgan fingerprint density at radius 1 is 1.16 bits per heavy atom. The second-order valence-electron chi connectivity index (χ2n) is 6.09. The molecule has 2 N–H and O–H groups in total. The first-order valence-electron chi connectivity index (χ1n) is 7.06. The summed E-state index contributed by atoms with van der Waals surface area (Å²) in [6, 6.07) is 3.71. The van der Waals surface area contributed by atoms with Gasteiger partial charge < -0.3 is 10.6 Å². The molecule has 1 aromatic carbocycles. The Morgan fingerprint density at radius 3 is 2.16 bits per heavy atom. The predicted octanol–water partition coefficient (Wildman–Crippen LogP) is 4.02. The van der Waals surface area contributed by atoms with E-state index in [4.69, 9.17) is 5.73 Å². The largest absolute Gasteiger partial charge is 0.369 e. The molecular weight excluding hydrogens is 239 g/mol. The second kappa shape index (κ2) is 6.38. The van der Waals surface area contributed by atoms with Gasteiger partial charge in [-0.05, 0) is 56.9 Å². The molecule has 19 heavy (non-hydrogen) atoms. The quantitative estimate of drug-likeness (QED) is 0.872. The first-order valence-corrected chi connectivity index (χ1v) is 7.06. The molecule has 108 valence electrons. The number of hydrogen-bond acceptors (Lipinski definition) is 2. The van der Waals surface area contributed by atoms with Crippen molar-refractivity contribution in [2.24, 2.45) is 11.7 Å². The molecule has 0 aliphatic rings. The van der Waals surface area contributed by atoms with Crippen LogP contribution in [0, 0.1) is 18.7 Å². The van der Waals surface area contributed by atoms with E-state index in [2.05, 4.69) is 32.6 Å².